The van der Waals surface area contributed by atoms with Crippen molar-refractivity contribution in [3.63, 3.8) is 0 Å². The molecule has 0 aliphatic heterocycles. The van der Waals surface area contributed by atoms with Gasteiger partial charge in [0.1, 0.15) is 6.34 Å². The Morgan fingerprint density at radius 3 is 2.36 bits per heavy atom. The molecule has 0 radical (unpaired) electrons. The topological polar surface area (TPSA) is 24.7 Å². The smallest absolute Gasteiger partial charge is 0.116 e. The zero-order valence-corrected chi connectivity index (χ0v) is 6.75. The molecule has 11 heavy (non-hydrogen) atoms. The number of rotatable bonds is 4. The van der Waals surface area contributed by atoms with E-state index in [0.29, 0.717) is 5.70 Å². The molecule has 0 saturated heterocycles. The van der Waals surface area contributed by atoms with E-state index in [1.165, 1.54) is 6.34 Å². The van der Waals surface area contributed by atoms with Gasteiger partial charge >= 0.3 is 0 Å². The van der Waals surface area contributed by atoms with Gasteiger partial charge in [-0.05, 0) is 19.1 Å². The van der Waals surface area contributed by atoms with Crippen LogP contribution in [-0.2, 0) is 0 Å². The lowest BCUT2D eigenvalue weighted by Crippen LogP contribution is -1.82. The van der Waals surface area contributed by atoms with Crippen molar-refractivity contribution < 1.29 is 0 Å². The van der Waals surface area contributed by atoms with E-state index >= 15 is 0 Å². The van der Waals surface area contributed by atoms with E-state index in [2.05, 4.69) is 29.7 Å². The largest absolute Gasteiger partial charge is 0.242 e. The van der Waals surface area contributed by atoms with Gasteiger partial charge in [-0.3, -0.25) is 0 Å². The van der Waals surface area contributed by atoms with Crippen LogP contribution < -0.4 is 0 Å². The first-order chi connectivity index (χ1) is 5.20. The highest BCUT2D eigenvalue weighted by molar-refractivity contribution is 5.96. The van der Waals surface area contributed by atoms with Crippen molar-refractivity contribution in [3.05, 3.63) is 37.6 Å². The highest BCUT2D eigenvalue weighted by Gasteiger charge is 1.77. The van der Waals surface area contributed by atoms with E-state index in [1.54, 1.807) is 12.2 Å². The number of hydrogen-bond acceptors (Lipinski definition) is 1. The molecule has 0 N–H and O–H groups in total. The Morgan fingerprint density at radius 2 is 1.91 bits per heavy atom. The first-order valence-electron chi connectivity index (χ1n) is 3.21. The molecule has 2 heteroatoms. The number of aliphatic imine (C=N–C) groups is 2. The Hall–Kier alpha value is -1.44. The monoisotopic (exact) mass is 148 g/mol. The summed E-state index contributed by atoms with van der Waals surface area (Å²) in [6.07, 6.45) is 4.65. The molecule has 0 aromatic rings. The summed E-state index contributed by atoms with van der Waals surface area (Å²) in [4.78, 5) is 7.79. The molecule has 0 bridgehead atoms. The van der Waals surface area contributed by atoms with E-state index in [9.17, 15) is 0 Å². The van der Waals surface area contributed by atoms with Crippen LogP contribution in [0.3, 0.4) is 0 Å². The fourth-order valence-corrected chi connectivity index (χ4v) is 0.300. The molecule has 0 fully saturated rings. The fourth-order valence-electron chi connectivity index (χ4n) is 0.300. The normalized spacial score (nSPS) is 11.5. The van der Waals surface area contributed by atoms with Crippen molar-refractivity contribution in [1.29, 1.82) is 0 Å². The van der Waals surface area contributed by atoms with Crippen LogP contribution in [-0.4, -0.2) is 12.1 Å². The second kappa shape index (κ2) is 5.35. The van der Waals surface area contributed by atoms with Crippen LogP contribution in [0.1, 0.15) is 6.92 Å². The molecular formula is C9H12N2. The maximum atomic E-state index is 3.93. The van der Waals surface area contributed by atoms with Gasteiger partial charge in [-0.15, -0.1) is 0 Å². The number of hydrogen-bond donors (Lipinski definition) is 0. The third-order valence-electron chi connectivity index (χ3n) is 1.02. The van der Waals surface area contributed by atoms with Crippen molar-refractivity contribution in [2.75, 3.05) is 0 Å². The van der Waals surface area contributed by atoms with Gasteiger partial charge in [0.2, 0.25) is 0 Å². The molecule has 0 saturated carbocycles. The summed E-state index contributed by atoms with van der Waals surface area (Å²) in [5.74, 6) is 0. The van der Waals surface area contributed by atoms with Crippen molar-refractivity contribution in [3.8, 4) is 0 Å². The molecule has 58 valence electrons. The van der Waals surface area contributed by atoms with Crippen LogP contribution in [0.25, 0.3) is 0 Å². The third-order valence-corrected chi connectivity index (χ3v) is 1.02. The van der Waals surface area contributed by atoms with Gasteiger partial charge < -0.3 is 0 Å². The minimum atomic E-state index is 0.602. The van der Waals surface area contributed by atoms with Crippen LogP contribution in [0.15, 0.2) is 47.6 Å². The number of allylic oxidation sites excluding steroid dienone is 2. The predicted molar refractivity (Wildman–Crippen MR) is 51.1 cm³/mol. The van der Waals surface area contributed by atoms with Gasteiger partial charge in [0.15, 0.2) is 0 Å². The summed E-state index contributed by atoms with van der Waals surface area (Å²) in [6, 6.07) is 0. The highest BCUT2D eigenvalue weighted by Crippen LogP contribution is 1.90. The van der Waals surface area contributed by atoms with Gasteiger partial charge in [-0.1, -0.05) is 19.7 Å². The molecule has 0 unspecified atom stereocenters. The zero-order valence-electron chi connectivity index (χ0n) is 6.75. The highest BCUT2D eigenvalue weighted by atomic mass is 14.9. The maximum Gasteiger partial charge on any atom is 0.116 e. The Balaban J connectivity index is 4.05. The summed E-state index contributed by atoms with van der Waals surface area (Å²) in [5, 5.41) is 0. The van der Waals surface area contributed by atoms with E-state index in [0.717, 1.165) is 5.71 Å². The van der Waals surface area contributed by atoms with E-state index in [1.807, 2.05) is 6.92 Å². The van der Waals surface area contributed by atoms with E-state index in [4.69, 9.17) is 0 Å². The first-order valence-corrected chi connectivity index (χ1v) is 3.21. The quantitative estimate of drug-likeness (QED) is 0.332. The zero-order chi connectivity index (χ0) is 8.69. The molecule has 0 amide bonds. The minimum Gasteiger partial charge on any atom is -0.242 e. The lowest BCUT2D eigenvalue weighted by Gasteiger charge is -1.85. The Labute approximate surface area is 67.4 Å². The van der Waals surface area contributed by atoms with Crippen LogP contribution in [0.5, 0.6) is 0 Å². The van der Waals surface area contributed by atoms with Crippen molar-refractivity contribution in [2.24, 2.45) is 9.98 Å². The summed E-state index contributed by atoms with van der Waals surface area (Å²) in [6.45, 7) is 12.5. The predicted octanol–water partition coefficient (Wildman–Crippen LogP) is 2.36. The molecule has 0 aliphatic rings. The molecule has 0 rings (SSSR count). The lowest BCUT2D eigenvalue weighted by molar-refractivity contribution is 1.43. The average Bonchev–Trinajstić information content (AvgIpc) is 2.04. The Kier molecular flexibility index (Phi) is 4.65. The second-order valence-electron chi connectivity index (χ2n) is 1.91. The van der Waals surface area contributed by atoms with Crippen molar-refractivity contribution >= 4 is 12.1 Å². The molecule has 2 nitrogen and oxygen atoms in total. The van der Waals surface area contributed by atoms with Crippen molar-refractivity contribution in [1.82, 2.24) is 0 Å². The minimum absolute atomic E-state index is 0.602. The summed E-state index contributed by atoms with van der Waals surface area (Å²) >= 11 is 0. The maximum absolute atomic E-state index is 3.93. The summed E-state index contributed by atoms with van der Waals surface area (Å²) in [7, 11) is 0. The van der Waals surface area contributed by atoms with Gasteiger partial charge in [-0.25, -0.2) is 9.98 Å². The van der Waals surface area contributed by atoms with Crippen LogP contribution in [0.2, 0.25) is 0 Å². The van der Waals surface area contributed by atoms with Crippen LogP contribution in [0, 0.1) is 0 Å². The van der Waals surface area contributed by atoms with Crippen LogP contribution in [0.4, 0.5) is 0 Å². The Bertz CT molecular complexity index is 222. The molecule has 0 spiro atoms. The number of nitrogens with zero attached hydrogens (tertiary/aromatic N) is 2. The van der Waals surface area contributed by atoms with Crippen molar-refractivity contribution in [2.45, 2.75) is 6.92 Å². The van der Waals surface area contributed by atoms with Gasteiger partial charge in [0.05, 0.1) is 5.70 Å². The molecular weight excluding hydrogens is 136 g/mol. The van der Waals surface area contributed by atoms with Gasteiger partial charge in [-0.2, -0.15) is 0 Å². The van der Waals surface area contributed by atoms with Crippen LogP contribution >= 0.6 is 0 Å². The Morgan fingerprint density at radius 1 is 1.27 bits per heavy atom. The van der Waals surface area contributed by atoms with E-state index in [-0.39, 0.29) is 0 Å². The molecule has 0 heterocycles. The van der Waals surface area contributed by atoms with Gasteiger partial charge in [0.25, 0.3) is 0 Å². The van der Waals surface area contributed by atoms with E-state index < -0.39 is 0 Å². The molecule has 0 aromatic carbocycles. The lowest BCUT2D eigenvalue weighted by atomic mass is 10.4. The molecule has 0 aliphatic carbocycles. The summed E-state index contributed by atoms with van der Waals surface area (Å²) in [5.41, 5.74) is 1.43. The SMILES string of the molecule is C=CC(=C)N=CN=C(C)C=C. The standard InChI is InChI=1S/C9H12N2/c1-5-8(3)10-7-11-9(4)6-2/h5-7H,1-3H2,4H3. The summed E-state index contributed by atoms with van der Waals surface area (Å²) < 4.78 is 0. The molecule has 0 atom stereocenters. The molecule has 0 aromatic heterocycles. The van der Waals surface area contributed by atoms with Gasteiger partial charge in [0, 0.05) is 5.71 Å². The fraction of sp³-hybridized carbons (Fsp3) is 0.111. The third kappa shape index (κ3) is 5.03. The second-order valence-corrected chi connectivity index (χ2v) is 1.91. The average molecular weight is 148 g/mol. The first kappa shape index (κ1) is 9.56.